The van der Waals surface area contributed by atoms with Gasteiger partial charge in [0.1, 0.15) is 12.4 Å². The van der Waals surface area contributed by atoms with Crippen molar-refractivity contribution < 1.29 is 14.1 Å². The summed E-state index contributed by atoms with van der Waals surface area (Å²) in [4.78, 5) is 15.9. The molecular weight excluding hydrogens is 220 g/mol. The third-order valence-electron chi connectivity index (χ3n) is 2.92. The molecule has 0 spiro atoms. The quantitative estimate of drug-likeness (QED) is 0.736. The number of ketones is 1. The van der Waals surface area contributed by atoms with Crippen LogP contribution in [0, 0.1) is 0 Å². The Labute approximate surface area is 101 Å². The van der Waals surface area contributed by atoms with E-state index in [-0.39, 0.29) is 11.7 Å². The molecule has 1 saturated carbocycles. The molecule has 0 aromatic carbocycles. The lowest BCUT2D eigenvalue weighted by molar-refractivity contribution is -0.122. The van der Waals surface area contributed by atoms with Crippen LogP contribution in [-0.4, -0.2) is 22.5 Å². The van der Waals surface area contributed by atoms with Crippen LogP contribution in [0.1, 0.15) is 56.7 Å². The van der Waals surface area contributed by atoms with E-state index >= 15 is 0 Å². The highest BCUT2D eigenvalue weighted by Crippen LogP contribution is 2.28. The fourth-order valence-corrected chi connectivity index (χ4v) is 2.02. The zero-order valence-corrected chi connectivity index (χ0v) is 10.1. The number of nitrogens with zero attached hydrogens (tertiary/aromatic N) is 2. The van der Waals surface area contributed by atoms with Crippen LogP contribution >= 0.6 is 0 Å². The van der Waals surface area contributed by atoms with Gasteiger partial charge in [-0.15, -0.1) is 0 Å². The second kappa shape index (κ2) is 5.91. The molecule has 5 nitrogen and oxygen atoms in total. The highest BCUT2D eigenvalue weighted by atomic mass is 16.5. The minimum atomic E-state index is -0.184. The Morgan fingerprint density at radius 3 is 3.12 bits per heavy atom. The topological polar surface area (TPSA) is 65.2 Å². The number of aromatic nitrogens is 2. The summed E-state index contributed by atoms with van der Waals surface area (Å²) < 4.78 is 10.5. The predicted molar refractivity (Wildman–Crippen MR) is 60.5 cm³/mol. The van der Waals surface area contributed by atoms with E-state index in [2.05, 4.69) is 10.1 Å². The van der Waals surface area contributed by atoms with Gasteiger partial charge in [-0.1, -0.05) is 18.5 Å². The van der Waals surface area contributed by atoms with Gasteiger partial charge in [0.05, 0.1) is 5.92 Å². The standard InChI is InChI=1S/C12H18N2O3/c1-2-7-16-8-11-13-12(17-14-11)9-5-3-4-6-10(9)15/h9H,2-8H2,1H3. The summed E-state index contributed by atoms with van der Waals surface area (Å²) in [7, 11) is 0. The number of hydrogen-bond acceptors (Lipinski definition) is 5. The van der Waals surface area contributed by atoms with Gasteiger partial charge >= 0.3 is 0 Å². The first-order chi connectivity index (χ1) is 8.31. The van der Waals surface area contributed by atoms with Gasteiger partial charge in [-0.2, -0.15) is 4.98 Å². The molecule has 0 amide bonds. The van der Waals surface area contributed by atoms with Crippen LogP contribution in [0.3, 0.4) is 0 Å². The van der Waals surface area contributed by atoms with Gasteiger partial charge in [-0.3, -0.25) is 4.79 Å². The monoisotopic (exact) mass is 238 g/mol. The van der Waals surface area contributed by atoms with Gasteiger partial charge in [-0.25, -0.2) is 0 Å². The van der Waals surface area contributed by atoms with Gasteiger partial charge < -0.3 is 9.26 Å². The average Bonchev–Trinajstić information content (AvgIpc) is 2.79. The molecule has 1 heterocycles. The van der Waals surface area contributed by atoms with E-state index in [9.17, 15) is 4.79 Å². The maximum absolute atomic E-state index is 11.7. The number of carbonyl (C=O) groups excluding carboxylic acids is 1. The van der Waals surface area contributed by atoms with Crippen molar-refractivity contribution in [1.82, 2.24) is 10.1 Å². The van der Waals surface area contributed by atoms with Gasteiger partial charge in [0.15, 0.2) is 5.82 Å². The van der Waals surface area contributed by atoms with Crippen molar-refractivity contribution in [3.8, 4) is 0 Å². The summed E-state index contributed by atoms with van der Waals surface area (Å²) in [5, 5.41) is 3.83. The summed E-state index contributed by atoms with van der Waals surface area (Å²) in [6, 6.07) is 0. The lowest BCUT2D eigenvalue weighted by atomic mass is 9.88. The largest absolute Gasteiger partial charge is 0.373 e. The Morgan fingerprint density at radius 2 is 2.35 bits per heavy atom. The van der Waals surface area contributed by atoms with Gasteiger partial charge in [0, 0.05) is 13.0 Å². The maximum atomic E-state index is 11.7. The highest BCUT2D eigenvalue weighted by Gasteiger charge is 2.28. The number of carbonyl (C=O) groups is 1. The lowest BCUT2D eigenvalue weighted by Gasteiger charge is -2.16. The molecule has 94 valence electrons. The van der Waals surface area contributed by atoms with E-state index < -0.39 is 0 Å². The number of hydrogen-bond donors (Lipinski definition) is 0. The molecule has 0 saturated heterocycles. The molecule has 0 bridgehead atoms. The molecule has 1 aliphatic carbocycles. The number of rotatable bonds is 5. The Kier molecular flexibility index (Phi) is 4.25. The first-order valence-corrected chi connectivity index (χ1v) is 6.24. The average molecular weight is 238 g/mol. The molecule has 1 fully saturated rings. The molecule has 1 aliphatic rings. The molecular formula is C12H18N2O3. The van der Waals surface area contributed by atoms with E-state index in [1.807, 2.05) is 6.92 Å². The molecule has 1 aromatic heterocycles. The van der Waals surface area contributed by atoms with Crippen LogP contribution in [-0.2, 0) is 16.1 Å². The van der Waals surface area contributed by atoms with Crippen molar-refractivity contribution in [1.29, 1.82) is 0 Å². The predicted octanol–water partition coefficient (Wildman–Crippen LogP) is 2.22. The van der Waals surface area contributed by atoms with Crippen LogP contribution in [0.15, 0.2) is 4.52 Å². The fraction of sp³-hybridized carbons (Fsp3) is 0.750. The van der Waals surface area contributed by atoms with E-state index in [0.29, 0.717) is 31.3 Å². The third-order valence-corrected chi connectivity index (χ3v) is 2.92. The molecule has 1 unspecified atom stereocenters. The van der Waals surface area contributed by atoms with Crippen molar-refractivity contribution in [3.05, 3.63) is 11.7 Å². The third kappa shape index (κ3) is 3.12. The van der Waals surface area contributed by atoms with E-state index in [1.54, 1.807) is 0 Å². The van der Waals surface area contributed by atoms with E-state index in [4.69, 9.17) is 9.26 Å². The van der Waals surface area contributed by atoms with Crippen molar-refractivity contribution >= 4 is 5.78 Å². The minimum absolute atomic E-state index is 0.184. The molecule has 2 rings (SSSR count). The first-order valence-electron chi connectivity index (χ1n) is 6.24. The first kappa shape index (κ1) is 12.2. The number of ether oxygens (including phenoxy) is 1. The van der Waals surface area contributed by atoms with Crippen molar-refractivity contribution in [2.75, 3.05) is 6.61 Å². The summed E-state index contributed by atoms with van der Waals surface area (Å²) in [6.45, 7) is 3.09. The Hall–Kier alpha value is -1.23. The van der Waals surface area contributed by atoms with Crippen molar-refractivity contribution in [2.24, 2.45) is 0 Å². The molecule has 1 aromatic rings. The summed E-state index contributed by atoms with van der Waals surface area (Å²) in [5.41, 5.74) is 0. The normalized spacial score (nSPS) is 20.8. The molecule has 0 radical (unpaired) electrons. The van der Waals surface area contributed by atoms with Gasteiger partial charge in [0.25, 0.3) is 0 Å². The van der Waals surface area contributed by atoms with Gasteiger partial charge in [-0.05, 0) is 19.3 Å². The lowest BCUT2D eigenvalue weighted by Crippen LogP contribution is -2.17. The SMILES string of the molecule is CCCOCc1noc(C2CCCCC2=O)n1. The summed E-state index contributed by atoms with van der Waals surface area (Å²) in [5.74, 6) is 1.04. The molecule has 17 heavy (non-hydrogen) atoms. The van der Waals surface area contributed by atoms with Gasteiger partial charge in [0.2, 0.25) is 5.89 Å². The molecule has 5 heteroatoms. The fourth-order valence-electron chi connectivity index (χ4n) is 2.02. The summed E-state index contributed by atoms with van der Waals surface area (Å²) in [6.07, 6.45) is 4.47. The second-order valence-electron chi connectivity index (χ2n) is 4.37. The van der Waals surface area contributed by atoms with E-state index in [1.165, 1.54) is 0 Å². The van der Waals surface area contributed by atoms with Crippen molar-refractivity contribution in [3.63, 3.8) is 0 Å². The maximum Gasteiger partial charge on any atom is 0.237 e. The Morgan fingerprint density at radius 1 is 1.47 bits per heavy atom. The van der Waals surface area contributed by atoms with E-state index in [0.717, 1.165) is 25.7 Å². The van der Waals surface area contributed by atoms with Crippen LogP contribution in [0.2, 0.25) is 0 Å². The van der Waals surface area contributed by atoms with Crippen molar-refractivity contribution in [2.45, 2.75) is 51.6 Å². The van der Waals surface area contributed by atoms with Crippen LogP contribution in [0.5, 0.6) is 0 Å². The number of Topliss-reactive ketones (excluding diaryl/α,β-unsaturated/α-hetero) is 1. The molecule has 0 aliphatic heterocycles. The Balaban J connectivity index is 1.94. The van der Waals surface area contributed by atoms with Crippen LogP contribution in [0.25, 0.3) is 0 Å². The highest BCUT2D eigenvalue weighted by molar-refractivity contribution is 5.85. The smallest absolute Gasteiger partial charge is 0.237 e. The second-order valence-corrected chi connectivity index (χ2v) is 4.37. The van der Waals surface area contributed by atoms with Crippen LogP contribution in [0.4, 0.5) is 0 Å². The Bertz CT molecular complexity index is 376. The zero-order chi connectivity index (χ0) is 12.1. The van der Waals surface area contributed by atoms with Crippen LogP contribution < -0.4 is 0 Å². The minimum Gasteiger partial charge on any atom is -0.373 e. The molecule has 1 atom stereocenters. The zero-order valence-electron chi connectivity index (χ0n) is 10.1. The molecule has 0 N–H and O–H groups in total. The summed E-state index contributed by atoms with van der Waals surface area (Å²) >= 11 is 0.